The summed E-state index contributed by atoms with van der Waals surface area (Å²) in [6, 6.07) is 0.524. The van der Waals surface area contributed by atoms with Gasteiger partial charge in [-0.15, -0.1) is 0 Å². The molecule has 0 spiro atoms. The lowest BCUT2D eigenvalue weighted by Gasteiger charge is -2.14. The van der Waals surface area contributed by atoms with Gasteiger partial charge in [0, 0.05) is 18.9 Å². The second-order valence-electron chi connectivity index (χ2n) is 4.31. The molecule has 0 aliphatic rings. The van der Waals surface area contributed by atoms with Crippen LogP contribution < -0.4 is 10.6 Å². The van der Waals surface area contributed by atoms with E-state index >= 15 is 0 Å². The van der Waals surface area contributed by atoms with Crippen molar-refractivity contribution in [3.8, 4) is 0 Å². The molecular weight excluding hydrogens is 246 g/mol. The number of carboxylic acid groups (broad SMARTS) is 1. The number of aryl methyl sites for hydroxylation is 1. The van der Waals surface area contributed by atoms with Crippen LogP contribution in [-0.4, -0.2) is 28.1 Å². The van der Waals surface area contributed by atoms with Crippen LogP contribution >= 0.6 is 0 Å². The Morgan fingerprint density at radius 3 is 2.79 bits per heavy atom. The lowest BCUT2D eigenvalue weighted by atomic mass is 10.1. The maximum absolute atomic E-state index is 11.6. The molecule has 2 amide bonds. The molecule has 19 heavy (non-hydrogen) atoms. The number of nitrogens with zero attached hydrogens (tertiary/aromatic N) is 1. The van der Waals surface area contributed by atoms with E-state index in [1.165, 1.54) is 0 Å². The number of aromatic nitrogens is 1. The molecule has 1 heterocycles. The number of hydrogen-bond acceptors (Lipinski definition) is 3. The zero-order valence-corrected chi connectivity index (χ0v) is 11.1. The molecule has 0 saturated carbocycles. The van der Waals surface area contributed by atoms with Gasteiger partial charge in [0.1, 0.15) is 6.04 Å². The molecule has 1 rings (SSSR count). The van der Waals surface area contributed by atoms with Crippen LogP contribution in [0.5, 0.6) is 0 Å². The molecule has 0 saturated heterocycles. The molecule has 0 aromatic carbocycles. The summed E-state index contributed by atoms with van der Waals surface area (Å²) in [5, 5.41) is 14.0. The van der Waals surface area contributed by atoms with E-state index in [9.17, 15) is 9.59 Å². The zero-order chi connectivity index (χ0) is 14.3. The van der Waals surface area contributed by atoms with Gasteiger partial charge in [-0.2, -0.15) is 0 Å². The van der Waals surface area contributed by atoms with Gasteiger partial charge in [0.15, 0.2) is 0 Å². The van der Waals surface area contributed by atoms with Crippen LogP contribution in [0.1, 0.15) is 30.9 Å². The molecule has 3 N–H and O–H groups in total. The van der Waals surface area contributed by atoms with Crippen LogP contribution in [-0.2, 0) is 11.3 Å². The number of urea groups is 1. The molecule has 0 radical (unpaired) electrons. The van der Waals surface area contributed by atoms with Crippen LogP contribution in [0.2, 0.25) is 0 Å². The Morgan fingerprint density at radius 2 is 2.21 bits per heavy atom. The number of aliphatic carboxylic acids is 1. The minimum atomic E-state index is -1.02. The third-order valence-electron chi connectivity index (χ3n) is 2.77. The summed E-state index contributed by atoms with van der Waals surface area (Å²) >= 11 is 0. The lowest BCUT2D eigenvalue weighted by Crippen LogP contribution is -2.45. The van der Waals surface area contributed by atoms with Gasteiger partial charge >= 0.3 is 12.0 Å². The Morgan fingerprint density at radius 1 is 1.47 bits per heavy atom. The normalized spacial score (nSPS) is 11.7. The van der Waals surface area contributed by atoms with Crippen molar-refractivity contribution in [2.75, 3.05) is 0 Å². The van der Waals surface area contributed by atoms with E-state index in [0.717, 1.165) is 11.1 Å². The van der Waals surface area contributed by atoms with Crippen LogP contribution in [0.3, 0.4) is 0 Å². The predicted molar refractivity (Wildman–Crippen MR) is 70.7 cm³/mol. The highest BCUT2D eigenvalue weighted by molar-refractivity contribution is 5.82. The van der Waals surface area contributed by atoms with E-state index in [4.69, 9.17) is 5.11 Å². The van der Waals surface area contributed by atoms with E-state index in [1.807, 2.05) is 19.9 Å². The van der Waals surface area contributed by atoms with Crippen molar-refractivity contribution in [2.24, 2.45) is 0 Å². The van der Waals surface area contributed by atoms with E-state index in [-0.39, 0.29) is 0 Å². The van der Waals surface area contributed by atoms with Crippen LogP contribution in [0, 0.1) is 6.92 Å². The fourth-order valence-electron chi connectivity index (χ4n) is 1.61. The standard InChI is InChI=1S/C13H19N3O3/c1-3-4-11(12(17)18)16-13(19)15-8-10-7-14-6-5-9(10)2/h5-7,11H,3-4,8H2,1-2H3,(H,17,18)(H2,15,16,19)/t11-/m0/s1. The van der Waals surface area contributed by atoms with Gasteiger partial charge in [-0.3, -0.25) is 4.98 Å². The fraction of sp³-hybridized carbons (Fsp3) is 0.462. The highest BCUT2D eigenvalue weighted by Crippen LogP contribution is 2.04. The summed E-state index contributed by atoms with van der Waals surface area (Å²) in [6.45, 7) is 4.12. The maximum atomic E-state index is 11.6. The molecule has 104 valence electrons. The number of carbonyl (C=O) groups excluding carboxylic acids is 1. The van der Waals surface area contributed by atoms with Crippen molar-refractivity contribution in [3.05, 3.63) is 29.6 Å². The minimum absolute atomic E-state index is 0.323. The van der Waals surface area contributed by atoms with Crippen LogP contribution in [0.25, 0.3) is 0 Å². The Bertz CT molecular complexity index is 449. The molecule has 0 aliphatic carbocycles. The second kappa shape index (κ2) is 7.35. The number of hydrogen-bond donors (Lipinski definition) is 3. The number of pyridine rings is 1. The van der Waals surface area contributed by atoms with E-state index in [0.29, 0.717) is 19.4 Å². The average molecular weight is 265 g/mol. The second-order valence-corrected chi connectivity index (χ2v) is 4.31. The molecule has 6 heteroatoms. The van der Waals surface area contributed by atoms with E-state index < -0.39 is 18.0 Å². The molecule has 0 bridgehead atoms. The summed E-state index contributed by atoms with van der Waals surface area (Å²) in [5.41, 5.74) is 1.93. The Labute approximate surface area is 112 Å². The first kappa shape index (κ1) is 14.9. The SMILES string of the molecule is CCC[C@H](NC(=O)NCc1cnccc1C)C(=O)O. The lowest BCUT2D eigenvalue weighted by molar-refractivity contribution is -0.139. The first-order valence-corrected chi connectivity index (χ1v) is 6.21. The Hall–Kier alpha value is -2.11. The minimum Gasteiger partial charge on any atom is -0.480 e. The van der Waals surface area contributed by atoms with Crippen molar-refractivity contribution in [1.82, 2.24) is 15.6 Å². The first-order chi connectivity index (χ1) is 9.04. The monoisotopic (exact) mass is 265 g/mol. The Balaban J connectivity index is 2.47. The largest absolute Gasteiger partial charge is 0.480 e. The summed E-state index contributed by atoms with van der Waals surface area (Å²) in [6.07, 6.45) is 4.46. The molecule has 0 fully saturated rings. The third kappa shape index (κ3) is 4.95. The zero-order valence-electron chi connectivity index (χ0n) is 11.1. The number of amides is 2. The summed E-state index contributed by atoms with van der Waals surface area (Å²) < 4.78 is 0. The van der Waals surface area contributed by atoms with E-state index in [1.54, 1.807) is 12.4 Å². The highest BCUT2D eigenvalue weighted by atomic mass is 16.4. The first-order valence-electron chi connectivity index (χ1n) is 6.21. The molecule has 1 aromatic heterocycles. The van der Waals surface area contributed by atoms with Crippen molar-refractivity contribution in [2.45, 2.75) is 39.3 Å². The maximum Gasteiger partial charge on any atom is 0.326 e. The van der Waals surface area contributed by atoms with Gasteiger partial charge in [-0.05, 0) is 30.5 Å². The number of carbonyl (C=O) groups is 2. The summed E-state index contributed by atoms with van der Waals surface area (Å²) in [5.74, 6) is -1.02. The smallest absolute Gasteiger partial charge is 0.326 e. The molecular formula is C13H19N3O3. The van der Waals surface area contributed by atoms with Crippen molar-refractivity contribution in [3.63, 3.8) is 0 Å². The number of rotatable bonds is 6. The molecule has 1 aromatic rings. The fourth-order valence-corrected chi connectivity index (χ4v) is 1.61. The topological polar surface area (TPSA) is 91.3 Å². The third-order valence-corrected chi connectivity index (χ3v) is 2.77. The van der Waals surface area contributed by atoms with Gasteiger partial charge in [-0.25, -0.2) is 9.59 Å². The number of nitrogens with one attached hydrogen (secondary N) is 2. The van der Waals surface area contributed by atoms with Gasteiger partial charge in [0.05, 0.1) is 0 Å². The average Bonchev–Trinajstić information content (AvgIpc) is 2.37. The Kier molecular flexibility index (Phi) is 5.78. The van der Waals surface area contributed by atoms with Gasteiger partial charge in [0.2, 0.25) is 0 Å². The highest BCUT2D eigenvalue weighted by Gasteiger charge is 2.18. The summed E-state index contributed by atoms with van der Waals surface area (Å²) in [7, 11) is 0. The molecule has 1 atom stereocenters. The number of carboxylic acids is 1. The molecule has 0 aliphatic heterocycles. The quantitative estimate of drug-likeness (QED) is 0.726. The van der Waals surface area contributed by atoms with Gasteiger partial charge in [-0.1, -0.05) is 13.3 Å². The van der Waals surface area contributed by atoms with E-state index in [2.05, 4.69) is 15.6 Å². The van der Waals surface area contributed by atoms with Crippen molar-refractivity contribution < 1.29 is 14.7 Å². The predicted octanol–water partition coefficient (Wildman–Crippen LogP) is 1.44. The van der Waals surface area contributed by atoms with Crippen LogP contribution in [0.15, 0.2) is 18.5 Å². The van der Waals surface area contributed by atoms with Crippen LogP contribution in [0.4, 0.5) is 4.79 Å². The van der Waals surface area contributed by atoms with Gasteiger partial charge < -0.3 is 15.7 Å². The summed E-state index contributed by atoms with van der Waals surface area (Å²) in [4.78, 5) is 26.5. The van der Waals surface area contributed by atoms with Crippen molar-refractivity contribution in [1.29, 1.82) is 0 Å². The molecule has 6 nitrogen and oxygen atoms in total. The van der Waals surface area contributed by atoms with Gasteiger partial charge in [0.25, 0.3) is 0 Å². The van der Waals surface area contributed by atoms with Crippen molar-refractivity contribution >= 4 is 12.0 Å². The molecule has 0 unspecified atom stereocenters.